The number of carbonyl (C=O) groups is 1. The number of halogens is 1. The van der Waals surface area contributed by atoms with Gasteiger partial charge in [-0.2, -0.15) is 0 Å². The van der Waals surface area contributed by atoms with Gasteiger partial charge in [0.25, 0.3) is 11.6 Å². The molecule has 1 amide bonds. The van der Waals surface area contributed by atoms with Crippen molar-refractivity contribution in [3.63, 3.8) is 0 Å². The zero-order valence-corrected chi connectivity index (χ0v) is 16.8. The van der Waals surface area contributed by atoms with E-state index in [-0.39, 0.29) is 17.6 Å². The summed E-state index contributed by atoms with van der Waals surface area (Å²) in [5.74, 6) is 1.05. The van der Waals surface area contributed by atoms with E-state index >= 15 is 0 Å². The third kappa shape index (κ3) is 4.47. The van der Waals surface area contributed by atoms with E-state index in [4.69, 9.17) is 4.74 Å². The largest absolute Gasteiger partial charge is 0.497 e. The zero-order valence-electron chi connectivity index (χ0n) is 15.2. The van der Waals surface area contributed by atoms with Crippen molar-refractivity contribution < 1.29 is 14.5 Å². The Kier molecular flexibility index (Phi) is 5.79. The van der Waals surface area contributed by atoms with Crippen LogP contribution in [0.3, 0.4) is 0 Å². The minimum absolute atomic E-state index is 0.0716. The van der Waals surface area contributed by atoms with E-state index in [9.17, 15) is 14.9 Å². The quantitative estimate of drug-likeness (QED) is 0.464. The number of nitro groups is 1. The Morgan fingerprint density at radius 1 is 1.30 bits per heavy atom. The van der Waals surface area contributed by atoms with Crippen LogP contribution in [0.2, 0.25) is 0 Å². The van der Waals surface area contributed by atoms with E-state index in [2.05, 4.69) is 15.9 Å². The normalized spacial score (nSPS) is 14.5. The highest BCUT2D eigenvalue weighted by Gasteiger charge is 2.35. The summed E-state index contributed by atoms with van der Waals surface area (Å²) in [6.07, 6.45) is 2.21. The van der Waals surface area contributed by atoms with Gasteiger partial charge in [0.2, 0.25) is 0 Å². The Morgan fingerprint density at radius 3 is 2.52 bits per heavy atom. The number of benzene rings is 2. The maximum atomic E-state index is 13.2. The number of rotatable bonds is 7. The Balaban J connectivity index is 1.89. The molecular formula is C20H21BrN2O4. The summed E-state index contributed by atoms with van der Waals surface area (Å²) in [5, 5.41) is 11.2. The molecule has 0 bridgehead atoms. The molecule has 0 spiro atoms. The molecule has 142 valence electrons. The highest BCUT2D eigenvalue weighted by molar-refractivity contribution is 9.10. The predicted octanol–water partition coefficient (Wildman–Crippen LogP) is 4.81. The van der Waals surface area contributed by atoms with Crippen molar-refractivity contribution in [2.24, 2.45) is 5.92 Å². The molecule has 1 aliphatic rings. The molecule has 0 radical (unpaired) electrons. The number of nitro benzene ring substituents is 1. The highest BCUT2D eigenvalue weighted by atomic mass is 79.9. The number of carbonyl (C=O) groups excluding carboxylic acids is 1. The Labute approximate surface area is 166 Å². The number of nitrogens with zero attached hydrogens (tertiary/aromatic N) is 2. The van der Waals surface area contributed by atoms with Gasteiger partial charge in [0.1, 0.15) is 5.75 Å². The van der Waals surface area contributed by atoms with Gasteiger partial charge in [0, 0.05) is 24.2 Å². The van der Waals surface area contributed by atoms with Crippen LogP contribution in [0.1, 0.15) is 35.7 Å². The third-order valence-electron chi connectivity index (χ3n) is 4.96. The molecule has 6 nitrogen and oxygen atoms in total. The third-order valence-corrected chi connectivity index (χ3v) is 5.63. The molecule has 0 heterocycles. The van der Waals surface area contributed by atoms with Gasteiger partial charge in [-0.25, -0.2) is 0 Å². The lowest BCUT2D eigenvalue weighted by Gasteiger charge is -2.30. The molecule has 3 rings (SSSR count). The molecule has 7 heteroatoms. The van der Waals surface area contributed by atoms with Crippen molar-refractivity contribution in [3.8, 4) is 5.75 Å². The van der Waals surface area contributed by atoms with Crippen LogP contribution in [0.5, 0.6) is 5.75 Å². The smallest absolute Gasteiger partial charge is 0.284 e. The van der Waals surface area contributed by atoms with Gasteiger partial charge in [-0.1, -0.05) is 12.1 Å². The first kappa shape index (κ1) is 19.4. The fourth-order valence-electron chi connectivity index (χ4n) is 3.11. The van der Waals surface area contributed by atoms with Gasteiger partial charge in [0.15, 0.2) is 0 Å². The molecule has 2 aromatic carbocycles. The second-order valence-electron chi connectivity index (χ2n) is 6.78. The van der Waals surface area contributed by atoms with E-state index in [1.807, 2.05) is 36.1 Å². The molecule has 1 atom stereocenters. The lowest BCUT2D eigenvalue weighted by molar-refractivity contribution is -0.385. The number of hydrogen-bond donors (Lipinski definition) is 0. The standard InChI is InChI=1S/C20H21BrN2O4/c1-13(15-5-6-15)22(12-14-3-8-17(27-2)9-4-14)20(24)16-7-10-18(21)19(11-16)23(25)26/h3-4,7-11,13,15H,5-6,12H2,1-2H3. The van der Waals surface area contributed by atoms with E-state index in [1.165, 1.54) is 6.07 Å². The summed E-state index contributed by atoms with van der Waals surface area (Å²) in [6, 6.07) is 12.2. The molecule has 1 unspecified atom stereocenters. The van der Waals surface area contributed by atoms with E-state index in [1.54, 1.807) is 19.2 Å². The minimum Gasteiger partial charge on any atom is -0.497 e. The second kappa shape index (κ2) is 8.08. The molecule has 1 fully saturated rings. The average molecular weight is 433 g/mol. The molecule has 0 aliphatic heterocycles. The van der Waals surface area contributed by atoms with Crippen molar-refractivity contribution in [2.45, 2.75) is 32.4 Å². The van der Waals surface area contributed by atoms with Crippen molar-refractivity contribution in [1.82, 2.24) is 4.90 Å². The van der Waals surface area contributed by atoms with Crippen LogP contribution >= 0.6 is 15.9 Å². The van der Waals surface area contributed by atoms with E-state index in [0.717, 1.165) is 24.2 Å². The summed E-state index contributed by atoms with van der Waals surface area (Å²) in [7, 11) is 1.61. The first-order chi connectivity index (χ1) is 12.9. The lowest BCUT2D eigenvalue weighted by atomic mass is 10.1. The number of ether oxygens (including phenoxy) is 1. The van der Waals surface area contributed by atoms with Crippen LogP contribution in [-0.4, -0.2) is 28.9 Å². The maximum absolute atomic E-state index is 13.2. The van der Waals surface area contributed by atoms with Gasteiger partial charge in [-0.15, -0.1) is 0 Å². The predicted molar refractivity (Wildman–Crippen MR) is 106 cm³/mol. The summed E-state index contributed by atoms with van der Waals surface area (Å²) >= 11 is 3.17. The zero-order chi connectivity index (χ0) is 19.6. The van der Waals surface area contributed by atoms with Crippen LogP contribution < -0.4 is 4.74 Å². The van der Waals surface area contributed by atoms with Gasteiger partial charge in [-0.3, -0.25) is 14.9 Å². The number of methoxy groups -OCH3 is 1. The summed E-state index contributed by atoms with van der Waals surface area (Å²) in [6.45, 7) is 2.50. The SMILES string of the molecule is COc1ccc(CN(C(=O)c2ccc(Br)c([N+](=O)[O-])c2)C(C)C2CC2)cc1. The van der Waals surface area contributed by atoms with Crippen LogP contribution in [0.4, 0.5) is 5.69 Å². The second-order valence-corrected chi connectivity index (χ2v) is 7.64. The van der Waals surface area contributed by atoms with Crippen molar-refractivity contribution >= 4 is 27.5 Å². The van der Waals surface area contributed by atoms with Gasteiger partial charge < -0.3 is 9.64 Å². The van der Waals surface area contributed by atoms with Crippen LogP contribution in [-0.2, 0) is 6.54 Å². The number of amides is 1. The molecule has 0 saturated heterocycles. The van der Waals surface area contributed by atoms with Gasteiger partial charge >= 0.3 is 0 Å². The van der Waals surface area contributed by atoms with Crippen molar-refractivity contribution in [3.05, 3.63) is 68.2 Å². The monoisotopic (exact) mass is 432 g/mol. The van der Waals surface area contributed by atoms with Gasteiger partial charge in [-0.05, 0) is 71.4 Å². The van der Waals surface area contributed by atoms with E-state index < -0.39 is 4.92 Å². The van der Waals surface area contributed by atoms with Crippen molar-refractivity contribution in [1.29, 1.82) is 0 Å². The summed E-state index contributed by atoms with van der Waals surface area (Å²) < 4.78 is 5.55. The Hall–Kier alpha value is -2.41. The highest BCUT2D eigenvalue weighted by Crippen LogP contribution is 2.36. The molecule has 1 saturated carbocycles. The fraction of sp³-hybridized carbons (Fsp3) is 0.350. The van der Waals surface area contributed by atoms with Crippen LogP contribution in [0.25, 0.3) is 0 Å². The van der Waals surface area contributed by atoms with Crippen molar-refractivity contribution in [2.75, 3.05) is 7.11 Å². The van der Waals surface area contributed by atoms with Gasteiger partial charge in [0.05, 0.1) is 16.5 Å². The number of hydrogen-bond acceptors (Lipinski definition) is 4. The maximum Gasteiger partial charge on any atom is 0.284 e. The molecule has 0 N–H and O–H groups in total. The Bertz CT molecular complexity index is 850. The van der Waals surface area contributed by atoms with Crippen LogP contribution in [0, 0.1) is 16.0 Å². The molecule has 2 aromatic rings. The average Bonchev–Trinajstić information content (AvgIpc) is 3.51. The first-order valence-electron chi connectivity index (χ1n) is 8.78. The molecular weight excluding hydrogens is 412 g/mol. The summed E-state index contributed by atoms with van der Waals surface area (Å²) in [4.78, 5) is 25.7. The molecule has 0 aromatic heterocycles. The minimum atomic E-state index is -0.487. The topological polar surface area (TPSA) is 72.7 Å². The molecule has 27 heavy (non-hydrogen) atoms. The summed E-state index contributed by atoms with van der Waals surface area (Å²) in [5.41, 5.74) is 1.21. The lowest BCUT2D eigenvalue weighted by Crippen LogP contribution is -2.39. The van der Waals surface area contributed by atoms with Crippen LogP contribution in [0.15, 0.2) is 46.9 Å². The fourth-order valence-corrected chi connectivity index (χ4v) is 3.50. The molecule has 1 aliphatic carbocycles. The first-order valence-corrected chi connectivity index (χ1v) is 9.58. The van der Waals surface area contributed by atoms with E-state index in [0.29, 0.717) is 22.5 Å². The Morgan fingerprint density at radius 2 is 1.96 bits per heavy atom.